The third-order valence-electron chi connectivity index (χ3n) is 1.75. The average molecular weight is 199 g/mol. The summed E-state index contributed by atoms with van der Waals surface area (Å²) in [5.41, 5.74) is 1.55. The zero-order valence-corrected chi connectivity index (χ0v) is 8.03. The molecule has 0 aliphatic rings. The van der Waals surface area contributed by atoms with Crippen molar-refractivity contribution in [3.05, 3.63) is 35.4 Å². The van der Waals surface area contributed by atoms with Crippen LogP contribution in [0.25, 0.3) is 0 Å². The first kappa shape index (κ1) is 10.8. The minimum absolute atomic E-state index is 0.180. The number of carbonyl (C=O) groups is 1. The summed E-state index contributed by atoms with van der Waals surface area (Å²) in [6, 6.07) is 9.27. The molecule has 1 aromatic rings. The SMILES string of the molecule is N#CCc1ccccc1C#CCC(=O)O. The Morgan fingerprint density at radius 1 is 1.40 bits per heavy atom. The molecule has 15 heavy (non-hydrogen) atoms. The Kier molecular flexibility index (Phi) is 3.94. The lowest BCUT2D eigenvalue weighted by Gasteiger charge is -1.97. The summed E-state index contributed by atoms with van der Waals surface area (Å²) in [5, 5.41) is 17.0. The summed E-state index contributed by atoms with van der Waals surface area (Å²) in [6.45, 7) is 0. The monoisotopic (exact) mass is 199 g/mol. The number of nitriles is 1. The third kappa shape index (κ3) is 3.54. The molecule has 1 aromatic carbocycles. The fourth-order valence-corrected chi connectivity index (χ4v) is 1.10. The number of aliphatic carboxylic acids is 1. The van der Waals surface area contributed by atoms with E-state index in [1.165, 1.54) is 0 Å². The van der Waals surface area contributed by atoms with Gasteiger partial charge < -0.3 is 5.11 Å². The van der Waals surface area contributed by atoms with Crippen molar-refractivity contribution in [2.45, 2.75) is 12.8 Å². The normalized spacial score (nSPS) is 8.47. The molecule has 0 saturated heterocycles. The number of nitrogens with zero attached hydrogens (tertiary/aromatic N) is 1. The van der Waals surface area contributed by atoms with Crippen molar-refractivity contribution in [3.8, 4) is 17.9 Å². The maximum absolute atomic E-state index is 10.2. The summed E-state index contributed by atoms with van der Waals surface area (Å²) >= 11 is 0. The van der Waals surface area contributed by atoms with Gasteiger partial charge in [-0.05, 0) is 11.6 Å². The highest BCUT2D eigenvalue weighted by Gasteiger charge is 1.97. The Labute approximate surface area is 88.0 Å². The van der Waals surface area contributed by atoms with E-state index in [0.29, 0.717) is 0 Å². The van der Waals surface area contributed by atoms with E-state index in [9.17, 15) is 4.79 Å². The molecule has 0 heterocycles. The molecule has 1 N–H and O–H groups in total. The van der Waals surface area contributed by atoms with Gasteiger partial charge in [0, 0.05) is 5.56 Å². The number of rotatable bonds is 2. The molecule has 0 aliphatic carbocycles. The number of carboxylic acid groups (broad SMARTS) is 1. The number of carboxylic acids is 1. The molecule has 3 heteroatoms. The maximum Gasteiger partial charge on any atom is 0.315 e. The lowest BCUT2D eigenvalue weighted by atomic mass is 10.1. The van der Waals surface area contributed by atoms with E-state index in [0.717, 1.165) is 11.1 Å². The predicted octanol–water partition coefficient (Wildman–Crippen LogP) is 1.58. The van der Waals surface area contributed by atoms with Crippen molar-refractivity contribution in [2.24, 2.45) is 0 Å². The fourth-order valence-electron chi connectivity index (χ4n) is 1.10. The first-order chi connectivity index (χ1) is 7.24. The predicted molar refractivity (Wildman–Crippen MR) is 54.9 cm³/mol. The lowest BCUT2D eigenvalue weighted by Crippen LogP contribution is -1.91. The zero-order valence-electron chi connectivity index (χ0n) is 8.03. The molecule has 0 aromatic heterocycles. The summed E-state index contributed by atoms with van der Waals surface area (Å²) in [7, 11) is 0. The quantitative estimate of drug-likeness (QED) is 0.735. The molecular weight excluding hydrogens is 190 g/mol. The Morgan fingerprint density at radius 3 is 2.80 bits per heavy atom. The van der Waals surface area contributed by atoms with Crippen molar-refractivity contribution in [2.75, 3.05) is 0 Å². The second-order valence-electron chi connectivity index (χ2n) is 2.86. The van der Waals surface area contributed by atoms with Crippen LogP contribution in [0.3, 0.4) is 0 Å². The van der Waals surface area contributed by atoms with Crippen LogP contribution in [0.4, 0.5) is 0 Å². The van der Waals surface area contributed by atoms with Gasteiger partial charge in [0.15, 0.2) is 0 Å². The van der Waals surface area contributed by atoms with Gasteiger partial charge in [0.1, 0.15) is 6.42 Å². The van der Waals surface area contributed by atoms with Crippen LogP contribution < -0.4 is 0 Å². The molecule has 0 unspecified atom stereocenters. The van der Waals surface area contributed by atoms with E-state index in [1.54, 1.807) is 6.07 Å². The Balaban J connectivity index is 2.87. The van der Waals surface area contributed by atoms with Gasteiger partial charge in [0.2, 0.25) is 0 Å². The standard InChI is InChI=1S/C12H9NO2/c13-9-8-11-5-2-1-4-10(11)6-3-7-12(14)15/h1-2,4-5H,7-8H2,(H,14,15). The average Bonchev–Trinajstić information content (AvgIpc) is 2.20. The summed E-state index contributed by atoms with van der Waals surface area (Å²) in [6.07, 6.45) is 0.110. The van der Waals surface area contributed by atoms with E-state index in [1.807, 2.05) is 24.3 Å². The van der Waals surface area contributed by atoms with Crippen LogP contribution in [-0.4, -0.2) is 11.1 Å². The molecule has 0 aliphatic heterocycles. The van der Waals surface area contributed by atoms with Crippen molar-refractivity contribution in [1.29, 1.82) is 5.26 Å². The second kappa shape index (κ2) is 5.47. The Bertz CT molecular complexity index is 460. The van der Waals surface area contributed by atoms with Crippen LogP contribution in [0.5, 0.6) is 0 Å². The third-order valence-corrected chi connectivity index (χ3v) is 1.75. The summed E-state index contributed by atoms with van der Waals surface area (Å²) in [4.78, 5) is 10.2. The topological polar surface area (TPSA) is 61.1 Å². The van der Waals surface area contributed by atoms with E-state index < -0.39 is 5.97 Å². The van der Waals surface area contributed by atoms with Crippen LogP contribution in [0.15, 0.2) is 24.3 Å². The van der Waals surface area contributed by atoms with Gasteiger partial charge in [-0.15, -0.1) is 0 Å². The van der Waals surface area contributed by atoms with Gasteiger partial charge in [-0.2, -0.15) is 5.26 Å². The molecular formula is C12H9NO2. The highest BCUT2D eigenvalue weighted by atomic mass is 16.4. The first-order valence-electron chi connectivity index (χ1n) is 4.39. The molecule has 0 fully saturated rings. The Morgan fingerprint density at radius 2 is 2.13 bits per heavy atom. The van der Waals surface area contributed by atoms with Crippen molar-refractivity contribution < 1.29 is 9.90 Å². The highest BCUT2D eigenvalue weighted by Crippen LogP contribution is 2.07. The Hall–Kier alpha value is -2.26. The highest BCUT2D eigenvalue weighted by molar-refractivity contribution is 5.70. The molecule has 74 valence electrons. The number of benzene rings is 1. The van der Waals surface area contributed by atoms with Crippen molar-refractivity contribution >= 4 is 5.97 Å². The van der Waals surface area contributed by atoms with Crippen LogP contribution in [0, 0.1) is 23.2 Å². The number of hydrogen-bond donors (Lipinski definition) is 1. The van der Waals surface area contributed by atoms with E-state index in [2.05, 4.69) is 11.8 Å². The van der Waals surface area contributed by atoms with Crippen LogP contribution in [0.2, 0.25) is 0 Å². The molecule has 0 atom stereocenters. The van der Waals surface area contributed by atoms with Gasteiger partial charge in [-0.3, -0.25) is 4.79 Å². The molecule has 0 bridgehead atoms. The molecule has 0 spiro atoms. The van der Waals surface area contributed by atoms with Crippen molar-refractivity contribution in [3.63, 3.8) is 0 Å². The minimum Gasteiger partial charge on any atom is -0.481 e. The minimum atomic E-state index is -0.944. The van der Waals surface area contributed by atoms with Gasteiger partial charge in [0.25, 0.3) is 0 Å². The zero-order chi connectivity index (χ0) is 11.1. The summed E-state index contributed by atoms with van der Waals surface area (Å²) < 4.78 is 0. The van der Waals surface area contributed by atoms with Crippen molar-refractivity contribution in [1.82, 2.24) is 0 Å². The van der Waals surface area contributed by atoms with E-state index in [-0.39, 0.29) is 12.8 Å². The van der Waals surface area contributed by atoms with E-state index in [4.69, 9.17) is 10.4 Å². The first-order valence-corrected chi connectivity index (χ1v) is 4.39. The number of hydrogen-bond acceptors (Lipinski definition) is 2. The fraction of sp³-hybridized carbons (Fsp3) is 0.167. The molecule has 3 nitrogen and oxygen atoms in total. The van der Waals surface area contributed by atoms with Crippen LogP contribution in [-0.2, 0) is 11.2 Å². The largest absolute Gasteiger partial charge is 0.481 e. The lowest BCUT2D eigenvalue weighted by molar-refractivity contribution is -0.135. The smallest absolute Gasteiger partial charge is 0.315 e. The van der Waals surface area contributed by atoms with E-state index >= 15 is 0 Å². The van der Waals surface area contributed by atoms with Gasteiger partial charge in [-0.25, -0.2) is 0 Å². The van der Waals surface area contributed by atoms with Gasteiger partial charge in [-0.1, -0.05) is 30.0 Å². The maximum atomic E-state index is 10.2. The second-order valence-corrected chi connectivity index (χ2v) is 2.86. The van der Waals surface area contributed by atoms with Crippen LogP contribution >= 0.6 is 0 Å². The molecule has 0 radical (unpaired) electrons. The van der Waals surface area contributed by atoms with Gasteiger partial charge in [0.05, 0.1) is 12.5 Å². The molecule has 0 amide bonds. The van der Waals surface area contributed by atoms with Crippen LogP contribution in [0.1, 0.15) is 17.5 Å². The molecule has 0 saturated carbocycles. The summed E-state index contributed by atoms with van der Waals surface area (Å²) in [5.74, 6) is 4.34. The molecule has 1 rings (SSSR count). The van der Waals surface area contributed by atoms with Gasteiger partial charge >= 0.3 is 5.97 Å².